The summed E-state index contributed by atoms with van der Waals surface area (Å²) in [5, 5.41) is 3.75. The van der Waals surface area contributed by atoms with Crippen molar-refractivity contribution in [1.29, 1.82) is 0 Å². The molecule has 3 heterocycles. The standard InChI is InChI=1S/C20H16N4OS/c25-19(10-7-14-4-3-11-21-12-14)23-15-8-9-17(22-13-15)20-24-16-5-1-2-6-18(16)26-20/h1-6,8-9,11-13H,7,10H2,(H,23,25). The highest BCUT2D eigenvalue weighted by molar-refractivity contribution is 7.21. The van der Waals surface area contributed by atoms with Gasteiger partial charge in [-0.1, -0.05) is 18.2 Å². The van der Waals surface area contributed by atoms with Crippen LogP contribution in [-0.2, 0) is 11.2 Å². The van der Waals surface area contributed by atoms with E-state index in [1.54, 1.807) is 29.9 Å². The van der Waals surface area contributed by atoms with Crippen molar-refractivity contribution in [2.45, 2.75) is 12.8 Å². The Kier molecular flexibility index (Phi) is 4.66. The average molecular weight is 360 g/mol. The van der Waals surface area contributed by atoms with Crippen molar-refractivity contribution in [2.24, 2.45) is 0 Å². The average Bonchev–Trinajstić information content (AvgIpc) is 3.12. The third-order valence-corrected chi connectivity index (χ3v) is 4.98. The molecule has 1 aromatic carbocycles. The number of thiazole rings is 1. The summed E-state index contributed by atoms with van der Waals surface area (Å²) in [6, 6.07) is 15.6. The molecule has 0 radical (unpaired) electrons. The summed E-state index contributed by atoms with van der Waals surface area (Å²) in [4.78, 5) is 25.2. The second kappa shape index (κ2) is 7.41. The molecule has 1 N–H and O–H groups in total. The highest BCUT2D eigenvalue weighted by Gasteiger charge is 2.08. The van der Waals surface area contributed by atoms with E-state index in [4.69, 9.17) is 0 Å². The van der Waals surface area contributed by atoms with Gasteiger partial charge in [-0.15, -0.1) is 11.3 Å². The van der Waals surface area contributed by atoms with E-state index in [1.807, 2.05) is 48.5 Å². The van der Waals surface area contributed by atoms with Gasteiger partial charge in [0, 0.05) is 18.8 Å². The molecule has 0 saturated heterocycles. The number of anilines is 1. The van der Waals surface area contributed by atoms with Crippen LogP contribution in [0.5, 0.6) is 0 Å². The summed E-state index contributed by atoms with van der Waals surface area (Å²) in [6.07, 6.45) is 6.25. The van der Waals surface area contributed by atoms with Crippen LogP contribution in [-0.4, -0.2) is 20.9 Å². The van der Waals surface area contributed by atoms with E-state index in [0.717, 1.165) is 26.5 Å². The van der Waals surface area contributed by atoms with Crippen molar-refractivity contribution < 1.29 is 4.79 Å². The summed E-state index contributed by atoms with van der Waals surface area (Å²) in [5.41, 5.74) is 3.51. The number of rotatable bonds is 5. The van der Waals surface area contributed by atoms with Gasteiger partial charge in [-0.25, -0.2) is 4.98 Å². The number of carbonyl (C=O) groups excluding carboxylic acids is 1. The van der Waals surface area contributed by atoms with Crippen molar-refractivity contribution in [2.75, 3.05) is 5.32 Å². The maximum Gasteiger partial charge on any atom is 0.224 e. The number of hydrogen-bond donors (Lipinski definition) is 1. The summed E-state index contributed by atoms with van der Waals surface area (Å²) in [5.74, 6) is -0.0385. The van der Waals surface area contributed by atoms with Gasteiger partial charge in [-0.05, 0) is 42.3 Å². The lowest BCUT2D eigenvalue weighted by molar-refractivity contribution is -0.116. The fourth-order valence-electron chi connectivity index (χ4n) is 2.60. The lowest BCUT2D eigenvalue weighted by atomic mass is 10.1. The van der Waals surface area contributed by atoms with Crippen molar-refractivity contribution in [3.8, 4) is 10.7 Å². The van der Waals surface area contributed by atoms with Gasteiger partial charge in [0.15, 0.2) is 0 Å². The van der Waals surface area contributed by atoms with Gasteiger partial charge in [-0.2, -0.15) is 0 Å². The SMILES string of the molecule is O=C(CCc1cccnc1)Nc1ccc(-c2nc3ccccc3s2)nc1. The number of nitrogens with zero attached hydrogens (tertiary/aromatic N) is 3. The molecule has 0 atom stereocenters. The highest BCUT2D eigenvalue weighted by atomic mass is 32.1. The molecule has 0 unspecified atom stereocenters. The summed E-state index contributed by atoms with van der Waals surface area (Å²) >= 11 is 1.61. The zero-order chi connectivity index (χ0) is 17.8. The molecule has 0 aliphatic heterocycles. The van der Waals surface area contributed by atoms with E-state index < -0.39 is 0 Å². The molecule has 26 heavy (non-hydrogen) atoms. The molecule has 0 aliphatic carbocycles. The Hall–Kier alpha value is -3.12. The van der Waals surface area contributed by atoms with Crippen LogP contribution < -0.4 is 5.32 Å². The molecule has 4 aromatic rings. The van der Waals surface area contributed by atoms with Crippen LogP contribution in [0.2, 0.25) is 0 Å². The fraction of sp³-hybridized carbons (Fsp3) is 0.100. The number of amides is 1. The van der Waals surface area contributed by atoms with Crippen molar-refractivity contribution in [3.05, 3.63) is 72.7 Å². The van der Waals surface area contributed by atoms with Crippen LogP contribution in [0.15, 0.2) is 67.1 Å². The predicted octanol–water partition coefficient (Wildman–Crippen LogP) is 4.32. The van der Waals surface area contributed by atoms with Gasteiger partial charge in [0.25, 0.3) is 0 Å². The third kappa shape index (κ3) is 3.75. The molecule has 128 valence electrons. The Balaban J connectivity index is 1.40. The zero-order valence-electron chi connectivity index (χ0n) is 13.9. The second-order valence-electron chi connectivity index (χ2n) is 5.83. The first-order chi connectivity index (χ1) is 12.8. The Labute approximate surface area is 154 Å². The smallest absolute Gasteiger partial charge is 0.224 e. The minimum absolute atomic E-state index is 0.0385. The van der Waals surface area contributed by atoms with Crippen molar-refractivity contribution in [3.63, 3.8) is 0 Å². The number of fused-ring (bicyclic) bond motifs is 1. The van der Waals surface area contributed by atoms with E-state index in [9.17, 15) is 4.79 Å². The Bertz CT molecular complexity index is 996. The molecule has 0 aliphatic rings. The van der Waals surface area contributed by atoms with Gasteiger partial charge in [0.2, 0.25) is 5.91 Å². The van der Waals surface area contributed by atoms with Crippen molar-refractivity contribution >= 4 is 33.1 Å². The molecule has 3 aromatic heterocycles. The number of carbonyl (C=O) groups is 1. The molecule has 0 saturated carbocycles. The van der Waals surface area contributed by atoms with Crippen molar-refractivity contribution in [1.82, 2.24) is 15.0 Å². The van der Waals surface area contributed by atoms with Gasteiger partial charge >= 0.3 is 0 Å². The maximum absolute atomic E-state index is 12.1. The largest absolute Gasteiger partial charge is 0.325 e. The molecule has 4 rings (SSSR count). The fourth-order valence-corrected chi connectivity index (χ4v) is 3.55. The first kappa shape index (κ1) is 16.4. The van der Waals surface area contributed by atoms with E-state index in [2.05, 4.69) is 20.3 Å². The van der Waals surface area contributed by atoms with Crippen LogP contribution in [0, 0.1) is 0 Å². The lowest BCUT2D eigenvalue weighted by Crippen LogP contribution is -2.12. The Morgan fingerprint density at radius 3 is 2.73 bits per heavy atom. The van der Waals surface area contributed by atoms with Crippen LogP contribution in [0.1, 0.15) is 12.0 Å². The third-order valence-electron chi connectivity index (χ3n) is 3.92. The van der Waals surface area contributed by atoms with Gasteiger partial charge in [0.1, 0.15) is 5.01 Å². The van der Waals surface area contributed by atoms with Crippen LogP contribution in [0.25, 0.3) is 20.9 Å². The number of hydrogen-bond acceptors (Lipinski definition) is 5. The molecule has 0 fully saturated rings. The quantitative estimate of drug-likeness (QED) is 0.575. The Morgan fingerprint density at radius 1 is 1.04 bits per heavy atom. The van der Waals surface area contributed by atoms with E-state index in [0.29, 0.717) is 18.5 Å². The summed E-state index contributed by atoms with van der Waals surface area (Å²) in [7, 11) is 0. The molecule has 6 heteroatoms. The number of benzene rings is 1. The number of aryl methyl sites for hydroxylation is 1. The molecule has 5 nitrogen and oxygen atoms in total. The molecule has 1 amide bonds. The molecular weight excluding hydrogens is 344 g/mol. The number of pyridine rings is 2. The predicted molar refractivity (Wildman–Crippen MR) is 104 cm³/mol. The van der Waals surface area contributed by atoms with E-state index in [1.165, 1.54) is 0 Å². The summed E-state index contributed by atoms with van der Waals surface area (Å²) < 4.78 is 1.14. The lowest BCUT2D eigenvalue weighted by Gasteiger charge is -2.05. The van der Waals surface area contributed by atoms with Gasteiger partial charge in [-0.3, -0.25) is 14.8 Å². The van der Waals surface area contributed by atoms with Crippen LogP contribution >= 0.6 is 11.3 Å². The van der Waals surface area contributed by atoms with Gasteiger partial charge in [0.05, 0.1) is 27.8 Å². The summed E-state index contributed by atoms with van der Waals surface area (Å²) in [6.45, 7) is 0. The van der Waals surface area contributed by atoms with E-state index >= 15 is 0 Å². The van der Waals surface area contributed by atoms with Gasteiger partial charge < -0.3 is 5.32 Å². The molecule has 0 bridgehead atoms. The van der Waals surface area contributed by atoms with Crippen LogP contribution in [0.3, 0.4) is 0 Å². The van der Waals surface area contributed by atoms with Crippen LogP contribution in [0.4, 0.5) is 5.69 Å². The number of nitrogens with one attached hydrogen (secondary N) is 1. The monoisotopic (exact) mass is 360 g/mol. The number of para-hydroxylation sites is 1. The van der Waals surface area contributed by atoms with E-state index in [-0.39, 0.29) is 5.91 Å². The number of aromatic nitrogens is 3. The molecular formula is C20H16N4OS. The maximum atomic E-state index is 12.1. The highest BCUT2D eigenvalue weighted by Crippen LogP contribution is 2.29. The first-order valence-electron chi connectivity index (χ1n) is 8.29. The zero-order valence-corrected chi connectivity index (χ0v) is 14.7. The molecule has 0 spiro atoms. The second-order valence-corrected chi connectivity index (χ2v) is 6.86. The Morgan fingerprint density at radius 2 is 1.96 bits per heavy atom. The topological polar surface area (TPSA) is 67.8 Å². The normalized spacial score (nSPS) is 10.8. The minimum atomic E-state index is -0.0385. The first-order valence-corrected chi connectivity index (χ1v) is 9.10. The minimum Gasteiger partial charge on any atom is -0.325 e.